The Bertz CT molecular complexity index is 176. The van der Waals surface area contributed by atoms with Crippen molar-refractivity contribution in [2.24, 2.45) is 10.7 Å². The molecule has 0 aliphatic carbocycles. The van der Waals surface area contributed by atoms with Gasteiger partial charge in [0.25, 0.3) is 0 Å². The van der Waals surface area contributed by atoms with Gasteiger partial charge in [-0.3, -0.25) is 4.99 Å². The fraction of sp³-hybridized carbons (Fsp3) is 0.889. The van der Waals surface area contributed by atoms with Gasteiger partial charge in [0.15, 0.2) is 5.96 Å². The molecule has 0 spiro atoms. The first-order valence-corrected chi connectivity index (χ1v) is 4.79. The summed E-state index contributed by atoms with van der Waals surface area (Å²) in [7, 11) is 3.65. The van der Waals surface area contributed by atoms with E-state index < -0.39 is 0 Å². The summed E-state index contributed by atoms with van der Waals surface area (Å²) < 4.78 is 5.59. The molecule has 0 aromatic heterocycles. The van der Waals surface area contributed by atoms with E-state index in [0.717, 1.165) is 19.6 Å². The fourth-order valence-corrected chi connectivity index (χ4v) is 1.52. The second-order valence-electron chi connectivity index (χ2n) is 3.45. The maximum absolute atomic E-state index is 5.65. The summed E-state index contributed by atoms with van der Waals surface area (Å²) in [6.07, 6.45) is 3.93. The summed E-state index contributed by atoms with van der Waals surface area (Å²) in [6, 6.07) is 0. The molecule has 76 valence electrons. The van der Waals surface area contributed by atoms with Gasteiger partial charge in [-0.15, -0.1) is 0 Å². The van der Waals surface area contributed by atoms with Gasteiger partial charge in [-0.25, -0.2) is 0 Å². The van der Waals surface area contributed by atoms with Crippen LogP contribution in [-0.4, -0.2) is 44.2 Å². The van der Waals surface area contributed by atoms with E-state index in [1.165, 1.54) is 12.8 Å². The summed E-state index contributed by atoms with van der Waals surface area (Å²) in [5.41, 5.74) is 5.65. The number of hydrogen-bond acceptors (Lipinski definition) is 2. The molecule has 0 amide bonds. The standard InChI is InChI=1S/C9H19N3O/c1-11-9(10)12(2)7-8-5-3-4-6-13-8/h8H,3-7H2,1-2H3,(H2,10,11). The van der Waals surface area contributed by atoms with E-state index in [-0.39, 0.29) is 0 Å². The molecule has 1 aliphatic heterocycles. The molecule has 1 fully saturated rings. The van der Waals surface area contributed by atoms with Crippen LogP contribution in [0.5, 0.6) is 0 Å². The van der Waals surface area contributed by atoms with Crippen LogP contribution >= 0.6 is 0 Å². The van der Waals surface area contributed by atoms with Gasteiger partial charge in [0.2, 0.25) is 0 Å². The minimum absolute atomic E-state index is 0.332. The van der Waals surface area contributed by atoms with Crippen molar-refractivity contribution in [1.29, 1.82) is 0 Å². The fourth-order valence-electron chi connectivity index (χ4n) is 1.52. The number of nitrogens with two attached hydrogens (primary N) is 1. The molecule has 0 bridgehead atoms. The number of nitrogens with zero attached hydrogens (tertiary/aromatic N) is 2. The molecule has 0 aromatic rings. The Morgan fingerprint density at radius 3 is 2.92 bits per heavy atom. The average molecular weight is 185 g/mol. The van der Waals surface area contributed by atoms with Crippen LogP contribution in [0.3, 0.4) is 0 Å². The molecule has 1 heterocycles. The highest BCUT2D eigenvalue weighted by molar-refractivity contribution is 5.77. The lowest BCUT2D eigenvalue weighted by atomic mass is 10.1. The number of rotatable bonds is 2. The van der Waals surface area contributed by atoms with Crippen LogP contribution in [0.2, 0.25) is 0 Å². The Hall–Kier alpha value is -0.770. The highest BCUT2D eigenvalue weighted by atomic mass is 16.5. The molecule has 1 saturated heterocycles. The second kappa shape index (κ2) is 5.07. The molecule has 1 atom stereocenters. The van der Waals surface area contributed by atoms with Crippen LogP contribution in [0.15, 0.2) is 4.99 Å². The number of aliphatic imine (C=N–C) groups is 1. The van der Waals surface area contributed by atoms with Crippen LogP contribution in [0.25, 0.3) is 0 Å². The van der Waals surface area contributed by atoms with E-state index in [1.54, 1.807) is 7.05 Å². The van der Waals surface area contributed by atoms with Gasteiger partial charge in [0, 0.05) is 27.2 Å². The zero-order chi connectivity index (χ0) is 9.68. The number of ether oxygens (including phenoxy) is 1. The molecule has 4 heteroatoms. The van der Waals surface area contributed by atoms with Crippen LogP contribution in [0.1, 0.15) is 19.3 Å². The molecule has 4 nitrogen and oxygen atoms in total. The van der Waals surface area contributed by atoms with Crippen molar-refractivity contribution in [1.82, 2.24) is 4.90 Å². The Balaban J connectivity index is 2.30. The predicted molar refractivity (Wildman–Crippen MR) is 53.8 cm³/mol. The summed E-state index contributed by atoms with van der Waals surface area (Å²) >= 11 is 0. The van der Waals surface area contributed by atoms with Crippen molar-refractivity contribution in [3.05, 3.63) is 0 Å². The van der Waals surface area contributed by atoms with Gasteiger partial charge < -0.3 is 15.4 Å². The summed E-state index contributed by atoms with van der Waals surface area (Å²) in [6.45, 7) is 1.74. The molecule has 0 radical (unpaired) electrons. The van der Waals surface area contributed by atoms with Crippen molar-refractivity contribution in [2.45, 2.75) is 25.4 Å². The predicted octanol–water partition coefficient (Wildman–Crippen LogP) is 0.432. The minimum Gasteiger partial charge on any atom is -0.376 e. The lowest BCUT2D eigenvalue weighted by Crippen LogP contribution is -2.40. The van der Waals surface area contributed by atoms with E-state index >= 15 is 0 Å². The van der Waals surface area contributed by atoms with Crippen molar-refractivity contribution in [2.75, 3.05) is 27.2 Å². The van der Waals surface area contributed by atoms with Crippen molar-refractivity contribution >= 4 is 5.96 Å². The first-order valence-electron chi connectivity index (χ1n) is 4.79. The maximum Gasteiger partial charge on any atom is 0.190 e. The first-order chi connectivity index (χ1) is 6.24. The average Bonchev–Trinajstić information content (AvgIpc) is 2.18. The molecule has 13 heavy (non-hydrogen) atoms. The Morgan fingerprint density at radius 1 is 1.62 bits per heavy atom. The van der Waals surface area contributed by atoms with Crippen LogP contribution in [0.4, 0.5) is 0 Å². The van der Waals surface area contributed by atoms with Crippen LogP contribution < -0.4 is 5.73 Å². The minimum atomic E-state index is 0.332. The van der Waals surface area contributed by atoms with E-state index in [4.69, 9.17) is 10.5 Å². The van der Waals surface area contributed by atoms with Crippen LogP contribution in [0, 0.1) is 0 Å². The van der Waals surface area contributed by atoms with E-state index in [9.17, 15) is 0 Å². The van der Waals surface area contributed by atoms with Crippen LogP contribution in [-0.2, 0) is 4.74 Å². The van der Waals surface area contributed by atoms with E-state index in [0.29, 0.717) is 12.1 Å². The molecule has 1 rings (SSSR count). The first kappa shape index (κ1) is 10.3. The third-order valence-electron chi connectivity index (χ3n) is 2.37. The Morgan fingerprint density at radius 2 is 2.38 bits per heavy atom. The zero-order valence-electron chi connectivity index (χ0n) is 8.49. The van der Waals surface area contributed by atoms with Gasteiger partial charge in [0.1, 0.15) is 0 Å². The van der Waals surface area contributed by atoms with Crippen molar-refractivity contribution in [3.63, 3.8) is 0 Å². The highest BCUT2D eigenvalue weighted by Gasteiger charge is 2.16. The molecular formula is C9H19N3O. The second-order valence-corrected chi connectivity index (χ2v) is 3.45. The summed E-state index contributed by atoms with van der Waals surface area (Å²) in [5.74, 6) is 0.578. The van der Waals surface area contributed by atoms with Gasteiger partial charge in [0.05, 0.1) is 6.10 Å². The molecule has 2 N–H and O–H groups in total. The quantitative estimate of drug-likeness (QED) is 0.501. The monoisotopic (exact) mass is 185 g/mol. The molecule has 0 saturated carbocycles. The normalized spacial score (nSPS) is 24.5. The molecular weight excluding hydrogens is 166 g/mol. The smallest absolute Gasteiger partial charge is 0.190 e. The lowest BCUT2D eigenvalue weighted by Gasteiger charge is -2.27. The third kappa shape index (κ3) is 3.22. The molecule has 1 unspecified atom stereocenters. The number of likely N-dealkylation sites (N-methyl/N-ethyl adjacent to an activating group) is 1. The Kier molecular flexibility index (Phi) is 4.02. The number of guanidine groups is 1. The van der Waals surface area contributed by atoms with E-state index in [2.05, 4.69) is 4.99 Å². The lowest BCUT2D eigenvalue weighted by molar-refractivity contribution is 0.00701. The topological polar surface area (TPSA) is 50.8 Å². The third-order valence-corrected chi connectivity index (χ3v) is 2.37. The van der Waals surface area contributed by atoms with Gasteiger partial charge in [-0.1, -0.05) is 0 Å². The Labute approximate surface area is 79.8 Å². The largest absolute Gasteiger partial charge is 0.376 e. The number of hydrogen-bond donors (Lipinski definition) is 1. The zero-order valence-corrected chi connectivity index (χ0v) is 8.49. The molecule has 0 aromatic carbocycles. The summed E-state index contributed by atoms with van der Waals surface area (Å²) in [5, 5.41) is 0. The summed E-state index contributed by atoms with van der Waals surface area (Å²) in [4.78, 5) is 5.86. The van der Waals surface area contributed by atoms with Crippen molar-refractivity contribution < 1.29 is 4.74 Å². The van der Waals surface area contributed by atoms with Crippen molar-refractivity contribution in [3.8, 4) is 0 Å². The van der Waals surface area contributed by atoms with Gasteiger partial charge in [-0.2, -0.15) is 0 Å². The highest BCUT2D eigenvalue weighted by Crippen LogP contribution is 2.13. The molecule has 1 aliphatic rings. The maximum atomic E-state index is 5.65. The van der Waals surface area contributed by atoms with E-state index in [1.807, 2.05) is 11.9 Å². The van der Waals surface area contributed by atoms with Gasteiger partial charge >= 0.3 is 0 Å². The van der Waals surface area contributed by atoms with Gasteiger partial charge in [-0.05, 0) is 19.3 Å². The SMILES string of the molecule is CN=C(N)N(C)CC1CCCCO1.